The highest BCUT2D eigenvalue weighted by Crippen LogP contribution is 2.83. The maximum atomic E-state index is 11.7. The first kappa shape index (κ1) is 15.0. The fourth-order valence-corrected chi connectivity index (χ4v) is 7.64. The quantitative estimate of drug-likeness (QED) is 0.742. The van der Waals surface area contributed by atoms with Gasteiger partial charge in [0.05, 0.1) is 7.11 Å². The summed E-state index contributed by atoms with van der Waals surface area (Å²) in [6, 6.07) is 6.74. The molecule has 128 valence electrons. The summed E-state index contributed by atoms with van der Waals surface area (Å²) in [5, 5.41) is 0. The molecule has 0 amide bonds. The molecule has 3 saturated carbocycles. The van der Waals surface area contributed by atoms with Crippen molar-refractivity contribution in [3.05, 3.63) is 29.3 Å². The molecule has 3 fully saturated rings. The van der Waals surface area contributed by atoms with Gasteiger partial charge in [-0.1, -0.05) is 19.9 Å². The number of hydrogen-bond acceptors (Lipinski definition) is 2. The van der Waals surface area contributed by atoms with Gasteiger partial charge in [-0.15, -0.1) is 0 Å². The van der Waals surface area contributed by atoms with Crippen molar-refractivity contribution in [3.8, 4) is 5.75 Å². The van der Waals surface area contributed by atoms with Crippen LogP contribution in [0.25, 0.3) is 0 Å². The van der Waals surface area contributed by atoms with Crippen LogP contribution in [0.4, 0.5) is 0 Å². The van der Waals surface area contributed by atoms with E-state index in [1.54, 1.807) is 12.7 Å². The number of carbonyl (C=O) groups excluding carboxylic acids is 1. The summed E-state index contributed by atoms with van der Waals surface area (Å²) in [5.41, 5.74) is 3.80. The molecule has 0 bridgehead atoms. The molecule has 1 aromatic rings. The normalized spacial score (nSPS) is 47.9. The van der Waals surface area contributed by atoms with Crippen LogP contribution in [0, 0.1) is 34.5 Å². The predicted octanol–water partition coefficient (Wildman–Crippen LogP) is 4.61. The number of methoxy groups -OCH3 is 1. The molecule has 2 heteroatoms. The maximum absolute atomic E-state index is 11.7. The van der Waals surface area contributed by atoms with Crippen molar-refractivity contribution in [2.45, 2.75) is 51.9 Å². The highest BCUT2D eigenvalue weighted by atomic mass is 16.5. The van der Waals surface area contributed by atoms with Gasteiger partial charge in [0.25, 0.3) is 0 Å². The first-order valence-electron chi connectivity index (χ1n) is 9.67. The molecular weight excluding hydrogens is 296 g/mol. The number of benzene rings is 1. The minimum Gasteiger partial charge on any atom is -0.497 e. The van der Waals surface area contributed by atoms with Gasteiger partial charge in [-0.25, -0.2) is 0 Å². The SMILES string of the molecule is COc1ccc2c(c1)C[C@@H](C)[C@@H]1[C@@H]2CC[C@]2(C)[C@H](C=O)C[C@H]3C[C@@]312. The van der Waals surface area contributed by atoms with E-state index < -0.39 is 0 Å². The highest BCUT2D eigenvalue weighted by Gasteiger charge is 2.77. The molecule has 2 nitrogen and oxygen atoms in total. The molecule has 0 saturated heterocycles. The third-order valence-corrected chi connectivity index (χ3v) is 8.64. The van der Waals surface area contributed by atoms with E-state index in [0.29, 0.717) is 23.2 Å². The van der Waals surface area contributed by atoms with E-state index in [0.717, 1.165) is 24.0 Å². The van der Waals surface area contributed by atoms with Gasteiger partial charge in [0.1, 0.15) is 12.0 Å². The lowest BCUT2D eigenvalue weighted by atomic mass is 9.49. The topological polar surface area (TPSA) is 26.3 Å². The summed E-state index contributed by atoms with van der Waals surface area (Å²) in [7, 11) is 1.76. The summed E-state index contributed by atoms with van der Waals surface area (Å²) >= 11 is 0. The number of hydrogen-bond donors (Lipinski definition) is 0. The first-order valence-corrected chi connectivity index (χ1v) is 9.67. The lowest BCUT2D eigenvalue weighted by Crippen LogP contribution is -2.48. The Morgan fingerprint density at radius 2 is 2.17 bits per heavy atom. The van der Waals surface area contributed by atoms with E-state index in [4.69, 9.17) is 4.74 Å². The lowest BCUT2D eigenvalue weighted by Gasteiger charge is -2.55. The van der Waals surface area contributed by atoms with Gasteiger partial charge in [0.2, 0.25) is 0 Å². The minimum atomic E-state index is 0.263. The average Bonchev–Trinajstić information content (AvgIpc) is 3.24. The molecule has 0 aliphatic heterocycles. The van der Waals surface area contributed by atoms with Gasteiger partial charge in [-0.05, 0) is 89.9 Å². The van der Waals surface area contributed by atoms with Gasteiger partial charge < -0.3 is 9.53 Å². The molecule has 0 heterocycles. The summed E-state index contributed by atoms with van der Waals surface area (Å²) in [6.45, 7) is 4.91. The lowest BCUT2D eigenvalue weighted by molar-refractivity contribution is -0.118. The van der Waals surface area contributed by atoms with E-state index in [1.807, 2.05) is 0 Å². The second-order valence-electron chi connectivity index (χ2n) is 9.25. The zero-order valence-electron chi connectivity index (χ0n) is 15.0. The van der Waals surface area contributed by atoms with Crippen molar-refractivity contribution in [1.29, 1.82) is 0 Å². The van der Waals surface area contributed by atoms with Crippen molar-refractivity contribution in [3.63, 3.8) is 0 Å². The van der Waals surface area contributed by atoms with Crippen LogP contribution in [0.1, 0.15) is 56.6 Å². The third kappa shape index (κ3) is 1.56. The molecule has 7 atom stereocenters. The molecule has 0 unspecified atom stereocenters. The Kier molecular flexibility index (Phi) is 2.90. The zero-order valence-corrected chi connectivity index (χ0v) is 15.0. The molecule has 0 N–H and O–H groups in total. The molecule has 1 spiro atoms. The van der Waals surface area contributed by atoms with Crippen molar-refractivity contribution in [1.82, 2.24) is 0 Å². The number of rotatable bonds is 2. The van der Waals surface area contributed by atoms with E-state index in [2.05, 4.69) is 32.0 Å². The standard InChI is InChI=1S/C22H28O2/c1-13-8-14-9-17(24-3)4-5-18(14)19-6-7-21(2)16(12-23)10-15-11-22(15,21)20(13)19/h4-5,9,12-13,15-16,19-20H,6-8,10-11H2,1-3H3/t13-,15+,16+,19-,20-,21-,22-/m1/s1. The molecular formula is C22H28O2. The molecule has 0 radical (unpaired) electrons. The van der Waals surface area contributed by atoms with Crippen LogP contribution in [0.3, 0.4) is 0 Å². The van der Waals surface area contributed by atoms with Crippen LogP contribution in [-0.2, 0) is 11.2 Å². The molecule has 0 aromatic heterocycles. The van der Waals surface area contributed by atoms with Crippen molar-refractivity contribution in [2.75, 3.05) is 7.11 Å². The van der Waals surface area contributed by atoms with E-state index in [-0.39, 0.29) is 5.41 Å². The van der Waals surface area contributed by atoms with Crippen molar-refractivity contribution in [2.24, 2.45) is 34.5 Å². The van der Waals surface area contributed by atoms with Crippen molar-refractivity contribution < 1.29 is 9.53 Å². The van der Waals surface area contributed by atoms with Gasteiger partial charge in [0, 0.05) is 5.92 Å². The van der Waals surface area contributed by atoms with Crippen molar-refractivity contribution >= 4 is 6.29 Å². The number of fused-ring (bicyclic) bond motifs is 3. The highest BCUT2D eigenvalue weighted by molar-refractivity contribution is 5.59. The van der Waals surface area contributed by atoms with Gasteiger partial charge >= 0.3 is 0 Å². The fraction of sp³-hybridized carbons (Fsp3) is 0.682. The van der Waals surface area contributed by atoms with Crippen LogP contribution in [0.5, 0.6) is 5.75 Å². The summed E-state index contributed by atoms with van der Waals surface area (Å²) in [5.74, 6) is 4.29. The summed E-state index contributed by atoms with van der Waals surface area (Å²) in [4.78, 5) is 11.7. The Hall–Kier alpha value is -1.31. The monoisotopic (exact) mass is 324 g/mol. The van der Waals surface area contributed by atoms with Gasteiger partial charge in [-0.2, -0.15) is 0 Å². The largest absolute Gasteiger partial charge is 0.497 e. The predicted molar refractivity (Wildman–Crippen MR) is 94.1 cm³/mol. The summed E-state index contributed by atoms with van der Waals surface area (Å²) < 4.78 is 5.45. The number of ether oxygens (including phenoxy) is 1. The first-order chi connectivity index (χ1) is 11.5. The van der Waals surface area contributed by atoms with Crippen LogP contribution in [-0.4, -0.2) is 13.4 Å². The molecule has 1 aromatic carbocycles. The zero-order chi connectivity index (χ0) is 16.7. The Bertz CT molecular complexity index is 710. The van der Waals surface area contributed by atoms with Crippen LogP contribution in [0.2, 0.25) is 0 Å². The Morgan fingerprint density at radius 1 is 1.33 bits per heavy atom. The van der Waals surface area contributed by atoms with Gasteiger partial charge in [-0.3, -0.25) is 0 Å². The average molecular weight is 324 g/mol. The van der Waals surface area contributed by atoms with Crippen LogP contribution in [0.15, 0.2) is 18.2 Å². The van der Waals surface area contributed by atoms with E-state index >= 15 is 0 Å². The smallest absolute Gasteiger partial charge is 0.123 e. The van der Waals surface area contributed by atoms with E-state index in [1.165, 1.54) is 37.5 Å². The van der Waals surface area contributed by atoms with Gasteiger partial charge in [0.15, 0.2) is 0 Å². The molecule has 5 rings (SSSR count). The minimum absolute atomic E-state index is 0.263. The molecule has 4 aliphatic carbocycles. The Balaban J connectivity index is 1.60. The van der Waals surface area contributed by atoms with Crippen LogP contribution >= 0.6 is 0 Å². The summed E-state index contributed by atoms with van der Waals surface area (Å²) in [6.07, 6.45) is 7.48. The second-order valence-corrected chi connectivity index (χ2v) is 9.25. The number of carbonyl (C=O) groups is 1. The molecule has 24 heavy (non-hydrogen) atoms. The second kappa shape index (κ2) is 4.65. The fourth-order valence-electron chi connectivity index (χ4n) is 7.64. The Morgan fingerprint density at radius 3 is 2.92 bits per heavy atom. The Labute approximate surface area is 145 Å². The molecule has 4 aliphatic rings. The van der Waals surface area contributed by atoms with Crippen LogP contribution < -0.4 is 4.74 Å². The number of aldehydes is 1. The third-order valence-electron chi connectivity index (χ3n) is 8.64. The maximum Gasteiger partial charge on any atom is 0.123 e. The van der Waals surface area contributed by atoms with E-state index in [9.17, 15) is 4.79 Å².